The van der Waals surface area contributed by atoms with E-state index in [1.807, 2.05) is 26.1 Å². The molecule has 1 aromatic heterocycles. The molecule has 0 atom stereocenters. The summed E-state index contributed by atoms with van der Waals surface area (Å²) >= 11 is 0. The second kappa shape index (κ2) is 5.01. The van der Waals surface area contributed by atoms with Gasteiger partial charge >= 0.3 is 0 Å². The highest BCUT2D eigenvalue weighted by atomic mass is 16.5. The molecule has 0 fully saturated rings. The molecule has 0 aliphatic carbocycles. The highest BCUT2D eigenvalue weighted by molar-refractivity contribution is 5.37. The first-order valence-corrected chi connectivity index (χ1v) is 5.25. The molecule has 1 heterocycles. The van der Waals surface area contributed by atoms with Crippen LogP contribution >= 0.6 is 0 Å². The molecule has 3 heteroatoms. The quantitative estimate of drug-likeness (QED) is 0.764. The lowest BCUT2D eigenvalue weighted by Gasteiger charge is -2.14. The van der Waals surface area contributed by atoms with E-state index in [-0.39, 0.29) is 6.10 Å². The predicted molar refractivity (Wildman–Crippen MR) is 60.6 cm³/mol. The van der Waals surface area contributed by atoms with Gasteiger partial charge in [-0.3, -0.25) is 0 Å². The molecule has 3 nitrogen and oxygen atoms in total. The van der Waals surface area contributed by atoms with Gasteiger partial charge < -0.3 is 9.47 Å². The fraction of sp³-hybridized carbons (Fsp3) is 0.583. The smallest absolute Gasteiger partial charge is 0.257 e. The van der Waals surface area contributed by atoms with E-state index in [1.165, 1.54) is 0 Å². The molecule has 0 N–H and O–H groups in total. The van der Waals surface area contributed by atoms with Crippen LogP contribution in [0.15, 0.2) is 12.3 Å². The molecule has 1 rings (SSSR count). The molecule has 0 amide bonds. The molecule has 0 aliphatic rings. The normalized spacial score (nSPS) is 10.9. The van der Waals surface area contributed by atoms with Gasteiger partial charge in [0.1, 0.15) is 0 Å². The Labute approximate surface area is 91.4 Å². The highest BCUT2D eigenvalue weighted by Gasteiger charge is 2.10. The van der Waals surface area contributed by atoms with E-state index < -0.39 is 0 Å². The average Bonchev–Trinajstić information content (AvgIpc) is 2.17. The van der Waals surface area contributed by atoms with Crippen LogP contribution < -0.4 is 9.47 Å². The van der Waals surface area contributed by atoms with E-state index in [1.54, 1.807) is 7.11 Å². The van der Waals surface area contributed by atoms with Crippen molar-refractivity contribution in [3.8, 4) is 11.6 Å². The Bertz CT molecular complexity index is 321. The monoisotopic (exact) mass is 209 g/mol. The number of aromatic nitrogens is 1. The Kier molecular flexibility index (Phi) is 3.95. The van der Waals surface area contributed by atoms with Crippen LogP contribution in [-0.2, 0) is 0 Å². The topological polar surface area (TPSA) is 31.4 Å². The SMILES string of the molecule is COc1cc(C(C)C)cnc1OC(C)C. The van der Waals surface area contributed by atoms with Crippen molar-refractivity contribution in [1.29, 1.82) is 0 Å². The molecular formula is C12H19NO2. The van der Waals surface area contributed by atoms with Crippen LogP contribution in [0.4, 0.5) is 0 Å². The van der Waals surface area contributed by atoms with Gasteiger partial charge in [0.25, 0.3) is 5.88 Å². The maximum Gasteiger partial charge on any atom is 0.257 e. The van der Waals surface area contributed by atoms with Gasteiger partial charge in [-0.2, -0.15) is 0 Å². The summed E-state index contributed by atoms with van der Waals surface area (Å²) in [5.41, 5.74) is 1.16. The molecule has 0 spiro atoms. The first-order chi connectivity index (χ1) is 7.04. The Morgan fingerprint density at radius 2 is 1.87 bits per heavy atom. The average molecular weight is 209 g/mol. The van der Waals surface area contributed by atoms with Crippen molar-refractivity contribution in [2.24, 2.45) is 0 Å². The Balaban J connectivity index is 2.98. The van der Waals surface area contributed by atoms with E-state index in [0.717, 1.165) is 5.56 Å². The molecule has 15 heavy (non-hydrogen) atoms. The van der Waals surface area contributed by atoms with Gasteiger partial charge in [0.2, 0.25) is 0 Å². The van der Waals surface area contributed by atoms with Crippen LogP contribution in [0.3, 0.4) is 0 Å². The summed E-state index contributed by atoms with van der Waals surface area (Å²) in [6, 6.07) is 1.98. The summed E-state index contributed by atoms with van der Waals surface area (Å²) in [6.45, 7) is 8.19. The Morgan fingerprint density at radius 1 is 1.20 bits per heavy atom. The predicted octanol–water partition coefficient (Wildman–Crippen LogP) is 3.00. The lowest BCUT2D eigenvalue weighted by Crippen LogP contribution is -2.08. The molecule has 84 valence electrons. The molecule has 0 unspecified atom stereocenters. The van der Waals surface area contributed by atoms with Crippen LogP contribution in [0.5, 0.6) is 11.6 Å². The second-order valence-corrected chi connectivity index (χ2v) is 4.10. The van der Waals surface area contributed by atoms with Gasteiger partial charge in [0.05, 0.1) is 13.2 Å². The minimum Gasteiger partial charge on any atom is -0.491 e. The standard InChI is InChI=1S/C12H19NO2/c1-8(2)10-6-11(14-5)12(13-7-10)15-9(3)4/h6-9H,1-5H3. The fourth-order valence-electron chi connectivity index (χ4n) is 1.22. The van der Waals surface area contributed by atoms with Crippen molar-refractivity contribution < 1.29 is 9.47 Å². The highest BCUT2D eigenvalue weighted by Crippen LogP contribution is 2.28. The molecule has 0 saturated carbocycles. The number of hydrogen-bond acceptors (Lipinski definition) is 3. The largest absolute Gasteiger partial charge is 0.491 e. The third-order valence-electron chi connectivity index (χ3n) is 2.07. The summed E-state index contributed by atoms with van der Waals surface area (Å²) in [4.78, 5) is 4.26. The zero-order valence-corrected chi connectivity index (χ0v) is 10.1. The first kappa shape index (κ1) is 11.8. The van der Waals surface area contributed by atoms with Crippen molar-refractivity contribution in [2.45, 2.75) is 39.7 Å². The number of rotatable bonds is 4. The lowest BCUT2D eigenvalue weighted by molar-refractivity contribution is 0.220. The summed E-state index contributed by atoms with van der Waals surface area (Å²) in [6.07, 6.45) is 1.95. The van der Waals surface area contributed by atoms with Gasteiger partial charge in [0, 0.05) is 6.20 Å². The van der Waals surface area contributed by atoms with Crippen LogP contribution in [0.1, 0.15) is 39.2 Å². The molecule has 0 aromatic carbocycles. The van der Waals surface area contributed by atoms with Crippen molar-refractivity contribution >= 4 is 0 Å². The molecule has 0 bridgehead atoms. The maximum atomic E-state index is 5.53. The van der Waals surface area contributed by atoms with Crippen molar-refractivity contribution in [3.05, 3.63) is 17.8 Å². The molecule has 0 saturated heterocycles. The minimum absolute atomic E-state index is 0.108. The molecule has 0 radical (unpaired) electrons. The van der Waals surface area contributed by atoms with Crippen LogP contribution in [-0.4, -0.2) is 18.2 Å². The summed E-state index contributed by atoms with van der Waals surface area (Å²) < 4.78 is 10.8. The van der Waals surface area contributed by atoms with Gasteiger partial charge in [0.15, 0.2) is 5.75 Å². The van der Waals surface area contributed by atoms with Crippen molar-refractivity contribution in [2.75, 3.05) is 7.11 Å². The molecular weight excluding hydrogens is 190 g/mol. The summed E-state index contributed by atoms with van der Waals surface area (Å²) in [5.74, 6) is 1.71. The van der Waals surface area contributed by atoms with E-state index >= 15 is 0 Å². The number of hydrogen-bond donors (Lipinski definition) is 0. The van der Waals surface area contributed by atoms with Crippen molar-refractivity contribution in [3.63, 3.8) is 0 Å². The number of ether oxygens (including phenoxy) is 2. The van der Waals surface area contributed by atoms with Crippen LogP contribution in [0.25, 0.3) is 0 Å². The number of methoxy groups -OCH3 is 1. The molecule has 0 aliphatic heterocycles. The Morgan fingerprint density at radius 3 is 2.33 bits per heavy atom. The van der Waals surface area contributed by atoms with Gasteiger partial charge in [-0.05, 0) is 31.4 Å². The number of pyridine rings is 1. The third kappa shape index (κ3) is 3.11. The zero-order valence-electron chi connectivity index (χ0n) is 10.1. The Hall–Kier alpha value is -1.25. The van der Waals surface area contributed by atoms with E-state index in [4.69, 9.17) is 9.47 Å². The van der Waals surface area contributed by atoms with Gasteiger partial charge in [-0.1, -0.05) is 13.8 Å². The first-order valence-electron chi connectivity index (χ1n) is 5.25. The molecule has 1 aromatic rings. The van der Waals surface area contributed by atoms with Gasteiger partial charge in [-0.15, -0.1) is 0 Å². The number of nitrogens with zero attached hydrogens (tertiary/aromatic N) is 1. The third-order valence-corrected chi connectivity index (χ3v) is 2.07. The van der Waals surface area contributed by atoms with E-state index in [0.29, 0.717) is 17.5 Å². The second-order valence-electron chi connectivity index (χ2n) is 4.10. The fourth-order valence-corrected chi connectivity index (χ4v) is 1.22. The zero-order chi connectivity index (χ0) is 11.4. The van der Waals surface area contributed by atoms with E-state index in [9.17, 15) is 0 Å². The van der Waals surface area contributed by atoms with E-state index in [2.05, 4.69) is 18.8 Å². The lowest BCUT2D eigenvalue weighted by atomic mass is 10.1. The minimum atomic E-state index is 0.108. The van der Waals surface area contributed by atoms with Crippen molar-refractivity contribution in [1.82, 2.24) is 4.98 Å². The van der Waals surface area contributed by atoms with Crippen LogP contribution in [0.2, 0.25) is 0 Å². The van der Waals surface area contributed by atoms with Crippen LogP contribution in [0, 0.1) is 0 Å². The summed E-state index contributed by atoms with van der Waals surface area (Å²) in [5, 5.41) is 0. The summed E-state index contributed by atoms with van der Waals surface area (Å²) in [7, 11) is 1.63. The van der Waals surface area contributed by atoms with Gasteiger partial charge in [-0.25, -0.2) is 4.98 Å². The maximum absolute atomic E-state index is 5.53.